The minimum atomic E-state index is -0.0544. The Kier molecular flexibility index (Phi) is 3.97. The standard InChI is InChI=1S/C14H18N2O2/c1-2-15-14(18)12-7-5-11(6-8-12)10-16-9-3-4-13(16)17/h5-8H,2-4,9-10H2,1H3,(H,15,18). The van der Waals surface area contributed by atoms with E-state index in [-0.39, 0.29) is 11.8 Å². The Labute approximate surface area is 107 Å². The van der Waals surface area contributed by atoms with E-state index in [1.165, 1.54) is 0 Å². The molecule has 1 heterocycles. The van der Waals surface area contributed by atoms with Gasteiger partial charge < -0.3 is 10.2 Å². The zero-order chi connectivity index (χ0) is 13.0. The molecule has 0 bridgehead atoms. The van der Waals surface area contributed by atoms with Gasteiger partial charge in [-0.1, -0.05) is 12.1 Å². The third-order valence-corrected chi connectivity index (χ3v) is 3.10. The summed E-state index contributed by atoms with van der Waals surface area (Å²) >= 11 is 0. The first-order chi connectivity index (χ1) is 8.70. The van der Waals surface area contributed by atoms with Gasteiger partial charge in [-0.3, -0.25) is 9.59 Å². The minimum absolute atomic E-state index is 0.0544. The summed E-state index contributed by atoms with van der Waals surface area (Å²) in [6, 6.07) is 7.44. The SMILES string of the molecule is CCNC(=O)c1ccc(CN2CCCC2=O)cc1. The maximum absolute atomic E-state index is 11.6. The van der Waals surface area contributed by atoms with E-state index in [0.29, 0.717) is 25.1 Å². The van der Waals surface area contributed by atoms with Crippen LogP contribution in [0.15, 0.2) is 24.3 Å². The molecule has 1 saturated heterocycles. The number of amides is 2. The van der Waals surface area contributed by atoms with Crippen molar-refractivity contribution in [1.29, 1.82) is 0 Å². The molecular weight excluding hydrogens is 228 g/mol. The molecule has 1 aliphatic rings. The fourth-order valence-electron chi connectivity index (χ4n) is 2.12. The van der Waals surface area contributed by atoms with Crippen LogP contribution in [0.25, 0.3) is 0 Å². The van der Waals surface area contributed by atoms with Crippen LogP contribution in [0, 0.1) is 0 Å². The topological polar surface area (TPSA) is 49.4 Å². The second-order valence-corrected chi connectivity index (χ2v) is 4.48. The van der Waals surface area contributed by atoms with Crippen LogP contribution in [-0.4, -0.2) is 29.8 Å². The van der Waals surface area contributed by atoms with Gasteiger partial charge in [0.2, 0.25) is 5.91 Å². The number of carbonyl (C=O) groups is 2. The van der Waals surface area contributed by atoms with Crippen molar-refractivity contribution >= 4 is 11.8 Å². The molecule has 4 nitrogen and oxygen atoms in total. The normalized spacial score (nSPS) is 14.9. The van der Waals surface area contributed by atoms with Crippen molar-refractivity contribution in [1.82, 2.24) is 10.2 Å². The third-order valence-electron chi connectivity index (χ3n) is 3.10. The number of hydrogen-bond acceptors (Lipinski definition) is 2. The Morgan fingerprint density at radius 1 is 1.33 bits per heavy atom. The zero-order valence-electron chi connectivity index (χ0n) is 10.6. The first-order valence-corrected chi connectivity index (χ1v) is 6.35. The van der Waals surface area contributed by atoms with Crippen LogP contribution in [0.3, 0.4) is 0 Å². The van der Waals surface area contributed by atoms with Crippen LogP contribution < -0.4 is 5.32 Å². The molecule has 0 aromatic heterocycles. The summed E-state index contributed by atoms with van der Waals surface area (Å²) in [5.74, 6) is 0.170. The van der Waals surface area contributed by atoms with Crippen molar-refractivity contribution in [3.05, 3.63) is 35.4 Å². The van der Waals surface area contributed by atoms with E-state index in [0.717, 1.165) is 18.5 Å². The molecule has 18 heavy (non-hydrogen) atoms. The largest absolute Gasteiger partial charge is 0.352 e. The number of likely N-dealkylation sites (tertiary alicyclic amines) is 1. The Morgan fingerprint density at radius 3 is 2.61 bits per heavy atom. The molecular formula is C14H18N2O2. The Bertz CT molecular complexity index is 440. The van der Waals surface area contributed by atoms with E-state index in [2.05, 4.69) is 5.32 Å². The monoisotopic (exact) mass is 246 g/mol. The van der Waals surface area contributed by atoms with Crippen LogP contribution in [0.5, 0.6) is 0 Å². The molecule has 1 aliphatic heterocycles. The molecule has 0 saturated carbocycles. The summed E-state index contributed by atoms with van der Waals surface area (Å²) in [6.45, 7) is 4.01. The van der Waals surface area contributed by atoms with E-state index < -0.39 is 0 Å². The van der Waals surface area contributed by atoms with Gasteiger partial charge in [0.25, 0.3) is 5.91 Å². The summed E-state index contributed by atoms with van der Waals surface area (Å²) in [5, 5.41) is 2.76. The van der Waals surface area contributed by atoms with E-state index in [1.807, 2.05) is 24.0 Å². The van der Waals surface area contributed by atoms with Gasteiger partial charge in [-0.15, -0.1) is 0 Å². The summed E-state index contributed by atoms with van der Waals surface area (Å²) < 4.78 is 0. The Balaban J connectivity index is 1.99. The van der Waals surface area contributed by atoms with E-state index in [9.17, 15) is 9.59 Å². The smallest absolute Gasteiger partial charge is 0.251 e. The van der Waals surface area contributed by atoms with Gasteiger partial charge in [-0.25, -0.2) is 0 Å². The molecule has 0 spiro atoms. The molecule has 0 aliphatic carbocycles. The van der Waals surface area contributed by atoms with Gasteiger partial charge in [0.1, 0.15) is 0 Å². The van der Waals surface area contributed by atoms with Gasteiger partial charge in [-0.05, 0) is 31.0 Å². The molecule has 1 fully saturated rings. The lowest BCUT2D eigenvalue weighted by molar-refractivity contribution is -0.128. The van der Waals surface area contributed by atoms with E-state index >= 15 is 0 Å². The fourth-order valence-corrected chi connectivity index (χ4v) is 2.12. The molecule has 1 aromatic carbocycles. The third kappa shape index (κ3) is 2.88. The van der Waals surface area contributed by atoms with E-state index in [1.54, 1.807) is 12.1 Å². The van der Waals surface area contributed by atoms with Gasteiger partial charge >= 0.3 is 0 Å². The number of rotatable bonds is 4. The van der Waals surface area contributed by atoms with Gasteiger partial charge in [0, 0.05) is 31.6 Å². The minimum Gasteiger partial charge on any atom is -0.352 e. The highest BCUT2D eigenvalue weighted by Gasteiger charge is 2.19. The fraction of sp³-hybridized carbons (Fsp3) is 0.429. The number of carbonyl (C=O) groups excluding carboxylic acids is 2. The number of nitrogens with one attached hydrogen (secondary N) is 1. The Morgan fingerprint density at radius 2 is 2.06 bits per heavy atom. The first kappa shape index (κ1) is 12.6. The van der Waals surface area contributed by atoms with Crippen molar-refractivity contribution in [2.75, 3.05) is 13.1 Å². The quantitative estimate of drug-likeness (QED) is 0.876. The molecule has 2 rings (SSSR count). The average molecular weight is 246 g/mol. The zero-order valence-corrected chi connectivity index (χ0v) is 10.6. The average Bonchev–Trinajstić information content (AvgIpc) is 2.76. The van der Waals surface area contributed by atoms with Crippen molar-refractivity contribution in [3.8, 4) is 0 Å². The van der Waals surface area contributed by atoms with Gasteiger partial charge in [0.15, 0.2) is 0 Å². The summed E-state index contributed by atoms with van der Waals surface area (Å²) in [6.07, 6.45) is 1.62. The highest BCUT2D eigenvalue weighted by atomic mass is 16.2. The summed E-state index contributed by atoms with van der Waals surface area (Å²) in [7, 11) is 0. The maximum Gasteiger partial charge on any atom is 0.251 e. The molecule has 1 N–H and O–H groups in total. The van der Waals surface area contributed by atoms with Gasteiger partial charge in [-0.2, -0.15) is 0 Å². The molecule has 96 valence electrons. The van der Waals surface area contributed by atoms with Crippen LogP contribution in [-0.2, 0) is 11.3 Å². The van der Waals surface area contributed by atoms with Crippen molar-refractivity contribution < 1.29 is 9.59 Å². The van der Waals surface area contributed by atoms with Gasteiger partial charge in [0.05, 0.1) is 0 Å². The van der Waals surface area contributed by atoms with Crippen LogP contribution in [0.2, 0.25) is 0 Å². The van der Waals surface area contributed by atoms with Crippen LogP contribution in [0.1, 0.15) is 35.7 Å². The predicted molar refractivity (Wildman–Crippen MR) is 69.1 cm³/mol. The van der Waals surface area contributed by atoms with E-state index in [4.69, 9.17) is 0 Å². The molecule has 0 radical (unpaired) electrons. The predicted octanol–water partition coefficient (Wildman–Crippen LogP) is 1.56. The lowest BCUT2D eigenvalue weighted by atomic mass is 10.1. The van der Waals surface area contributed by atoms with Crippen molar-refractivity contribution in [2.45, 2.75) is 26.3 Å². The number of nitrogens with zero attached hydrogens (tertiary/aromatic N) is 1. The van der Waals surface area contributed by atoms with Crippen LogP contribution >= 0.6 is 0 Å². The lowest BCUT2D eigenvalue weighted by Crippen LogP contribution is -2.24. The summed E-state index contributed by atoms with van der Waals surface area (Å²) in [4.78, 5) is 24.9. The highest BCUT2D eigenvalue weighted by Crippen LogP contribution is 2.14. The molecule has 4 heteroatoms. The molecule has 0 atom stereocenters. The number of hydrogen-bond donors (Lipinski definition) is 1. The lowest BCUT2D eigenvalue weighted by Gasteiger charge is -2.15. The van der Waals surface area contributed by atoms with Crippen molar-refractivity contribution in [2.24, 2.45) is 0 Å². The van der Waals surface area contributed by atoms with Crippen molar-refractivity contribution in [3.63, 3.8) is 0 Å². The maximum atomic E-state index is 11.6. The van der Waals surface area contributed by atoms with Crippen LogP contribution in [0.4, 0.5) is 0 Å². The second-order valence-electron chi connectivity index (χ2n) is 4.48. The molecule has 0 unspecified atom stereocenters. The Hall–Kier alpha value is -1.84. The first-order valence-electron chi connectivity index (χ1n) is 6.35. The second kappa shape index (κ2) is 5.67. The molecule has 2 amide bonds. The molecule has 1 aromatic rings. The highest BCUT2D eigenvalue weighted by molar-refractivity contribution is 5.94. The summed E-state index contributed by atoms with van der Waals surface area (Å²) in [5.41, 5.74) is 1.73. The number of benzene rings is 1.